The van der Waals surface area contributed by atoms with E-state index in [4.69, 9.17) is 9.47 Å². The molecular formula is C25H20N4O4. The number of nitrogens with zero attached hydrogens (tertiary/aromatic N) is 2. The average Bonchev–Trinajstić information content (AvgIpc) is 2.85. The Balaban J connectivity index is 1.33. The van der Waals surface area contributed by atoms with Gasteiger partial charge in [0.25, 0.3) is 11.8 Å². The summed E-state index contributed by atoms with van der Waals surface area (Å²) in [5.41, 5.74) is 3.33. The summed E-state index contributed by atoms with van der Waals surface area (Å²) in [5, 5.41) is 6.56. The van der Waals surface area contributed by atoms with Crippen LogP contribution in [0.1, 0.15) is 26.4 Å². The molecule has 1 aliphatic heterocycles. The van der Waals surface area contributed by atoms with Crippen molar-refractivity contribution in [2.45, 2.75) is 6.92 Å². The molecule has 2 amide bonds. The van der Waals surface area contributed by atoms with Crippen molar-refractivity contribution in [3.63, 3.8) is 0 Å². The van der Waals surface area contributed by atoms with Crippen LogP contribution in [0.15, 0.2) is 67.0 Å². The highest BCUT2D eigenvalue weighted by Crippen LogP contribution is 2.31. The van der Waals surface area contributed by atoms with Gasteiger partial charge >= 0.3 is 0 Å². The fourth-order valence-electron chi connectivity index (χ4n) is 3.53. The van der Waals surface area contributed by atoms with E-state index in [1.807, 2.05) is 12.1 Å². The number of carbonyl (C=O) groups is 2. The molecule has 2 aromatic heterocycles. The molecule has 3 heterocycles. The summed E-state index contributed by atoms with van der Waals surface area (Å²) in [6.45, 7) is 2.71. The average molecular weight is 440 g/mol. The number of pyridine rings is 2. The van der Waals surface area contributed by atoms with Gasteiger partial charge in [0.2, 0.25) is 0 Å². The van der Waals surface area contributed by atoms with E-state index in [-0.39, 0.29) is 11.8 Å². The number of ether oxygens (including phenoxy) is 2. The van der Waals surface area contributed by atoms with Crippen molar-refractivity contribution in [1.29, 1.82) is 0 Å². The van der Waals surface area contributed by atoms with Gasteiger partial charge in [0.05, 0.1) is 28.8 Å². The molecule has 0 saturated heterocycles. The third-order valence-electron chi connectivity index (χ3n) is 5.26. The van der Waals surface area contributed by atoms with E-state index in [0.29, 0.717) is 52.9 Å². The van der Waals surface area contributed by atoms with Crippen LogP contribution in [0.5, 0.6) is 11.5 Å². The van der Waals surface area contributed by atoms with Crippen LogP contribution in [-0.2, 0) is 0 Å². The molecule has 33 heavy (non-hydrogen) atoms. The van der Waals surface area contributed by atoms with Crippen LogP contribution in [0.3, 0.4) is 0 Å². The molecule has 8 heteroatoms. The molecule has 1 aliphatic rings. The van der Waals surface area contributed by atoms with Gasteiger partial charge in [-0.2, -0.15) is 0 Å². The van der Waals surface area contributed by atoms with Gasteiger partial charge in [0.15, 0.2) is 11.5 Å². The van der Waals surface area contributed by atoms with Gasteiger partial charge in [0, 0.05) is 22.7 Å². The van der Waals surface area contributed by atoms with Gasteiger partial charge in [-0.3, -0.25) is 19.6 Å². The fourth-order valence-corrected chi connectivity index (χ4v) is 3.53. The Hall–Kier alpha value is -4.46. The fraction of sp³-hybridized carbons (Fsp3) is 0.120. The normalized spacial score (nSPS) is 12.3. The zero-order valence-electron chi connectivity index (χ0n) is 17.8. The Kier molecular flexibility index (Phi) is 5.32. The number of aryl methyl sites for hydroxylation is 1. The third-order valence-corrected chi connectivity index (χ3v) is 5.26. The molecule has 0 atom stereocenters. The second-order valence-corrected chi connectivity index (χ2v) is 7.53. The van der Waals surface area contributed by atoms with E-state index in [2.05, 4.69) is 20.6 Å². The number of hydrogen-bond donors (Lipinski definition) is 2. The van der Waals surface area contributed by atoms with Gasteiger partial charge in [-0.05, 0) is 55.5 Å². The van der Waals surface area contributed by atoms with Crippen LogP contribution in [0.4, 0.5) is 11.4 Å². The SMILES string of the molecule is Cc1ncc(NC(=O)c2ccc3c(c2)OCCO3)cc1NC(=O)c1ccc2ncccc2c1. The van der Waals surface area contributed by atoms with Crippen LogP contribution in [-0.4, -0.2) is 35.0 Å². The Bertz CT molecular complexity index is 1390. The topological polar surface area (TPSA) is 102 Å². The quantitative estimate of drug-likeness (QED) is 0.493. The van der Waals surface area contributed by atoms with Crippen molar-refractivity contribution < 1.29 is 19.1 Å². The van der Waals surface area contributed by atoms with Gasteiger partial charge in [-0.25, -0.2) is 0 Å². The van der Waals surface area contributed by atoms with Gasteiger partial charge in [-0.15, -0.1) is 0 Å². The van der Waals surface area contributed by atoms with Crippen molar-refractivity contribution in [3.8, 4) is 11.5 Å². The zero-order chi connectivity index (χ0) is 22.8. The smallest absolute Gasteiger partial charge is 0.255 e. The summed E-state index contributed by atoms with van der Waals surface area (Å²) in [4.78, 5) is 34.1. The van der Waals surface area contributed by atoms with Gasteiger partial charge in [-0.1, -0.05) is 6.07 Å². The Morgan fingerprint density at radius 1 is 0.848 bits per heavy atom. The van der Waals surface area contributed by atoms with Crippen molar-refractivity contribution in [1.82, 2.24) is 9.97 Å². The van der Waals surface area contributed by atoms with E-state index >= 15 is 0 Å². The molecule has 4 aromatic rings. The first-order valence-corrected chi connectivity index (χ1v) is 10.4. The predicted octanol–water partition coefficient (Wildman–Crippen LogP) is 4.21. The van der Waals surface area contributed by atoms with Crippen molar-refractivity contribution in [2.75, 3.05) is 23.8 Å². The summed E-state index contributed by atoms with van der Waals surface area (Å²) in [5.74, 6) is 0.552. The Morgan fingerprint density at radius 2 is 1.61 bits per heavy atom. The summed E-state index contributed by atoms with van der Waals surface area (Å²) >= 11 is 0. The third kappa shape index (κ3) is 4.31. The molecule has 2 aromatic carbocycles. The summed E-state index contributed by atoms with van der Waals surface area (Å²) in [6, 6.07) is 15.7. The molecule has 0 saturated carbocycles. The number of amides is 2. The molecule has 0 bridgehead atoms. The van der Waals surface area contributed by atoms with Crippen molar-refractivity contribution >= 4 is 34.1 Å². The van der Waals surface area contributed by atoms with Crippen molar-refractivity contribution in [3.05, 3.63) is 83.8 Å². The van der Waals surface area contributed by atoms with Gasteiger partial charge in [0.1, 0.15) is 13.2 Å². The van der Waals surface area contributed by atoms with Crippen LogP contribution in [0.25, 0.3) is 10.9 Å². The number of rotatable bonds is 4. The number of fused-ring (bicyclic) bond motifs is 2. The Morgan fingerprint density at radius 3 is 2.48 bits per heavy atom. The maximum Gasteiger partial charge on any atom is 0.255 e. The van der Waals surface area contributed by atoms with E-state index in [1.54, 1.807) is 61.8 Å². The molecule has 0 radical (unpaired) electrons. The largest absolute Gasteiger partial charge is 0.486 e. The second-order valence-electron chi connectivity index (χ2n) is 7.53. The molecule has 2 N–H and O–H groups in total. The lowest BCUT2D eigenvalue weighted by molar-refractivity contribution is 0.101. The summed E-state index contributed by atoms with van der Waals surface area (Å²) < 4.78 is 11.0. The lowest BCUT2D eigenvalue weighted by Crippen LogP contribution is -2.17. The highest BCUT2D eigenvalue weighted by molar-refractivity contribution is 6.07. The molecule has 0 unspecified atom stereocenters. The summed E-state index contributed by atoms with van der Waals surface area (Å²) in [6.07, 6.45) is 3.25. The molecule has 0 fully saturated rings. The highest BCUT2D eigenvalue weighted by Gasteiger charge is 2.16. The van der Waals surface area contributed by atoms with Crippen LogP contribution in [0, 0.1) is 6.92 Å². The first-order valence-electron chi connectivity index (χ1n) is 10.4. The summed E-state index contributed by atoms with van der Waals surface area (Å²) in [7, 11) is 0. The van der Waals surface area contributed by atoms with E-state index < -0.39 is 0 Å². The first-order chi connectivity index (χ1) is 16.1. The Labute approximate surface area is 189 Å². The molecule has 0 aliphatic carbocycles. The van der Waals surface area contributed by atoms with Crippen molar-refractivity contribution in [2.24, 2.45) is 0 Å². The van der Waals surface area contributed by atoms with Crippen LogP contribution in [0.2, 0.25) is 0 Å². The first kappa shape index (κ1) is 20.4. The number of anilines is 2. The minimum atomic E-state index is -0.322. The maximum atomic E-state index is 12.8. The number of nitrogens with one attached hydrogen (secondary N) is 2. The maximum absolute atomic E-state index is 12.8. The molecule has 0 spiro atoms. The van der Waals surface area contributed by atoms with E-state index in [0.717, 1.165) is 10.9 Å². The van der Waals surface area contributed by atoms with Crippen LogP contribution < -0.4 is 20.1 Å². The van der Waals surface area contributed by atoms with Crippen LogP contribution >= 0.6 is 0 Å². The standard InChI is InChI=1S/C25H20N4O4/c1-15-21(29-25(31)17-4-6-20-16(11-17)3-2-8-26-20)13-19(14-27-15)28-24(30)18-5-7-22-23(12-18)33-10-9-32-22/h2-8,11-14H,9-10H2,1H3,(H,28,30)(H,29,31). The highest BCUT2D eigenvalue weighted by atomic mass is 16.6. The minimum absolute atomic E-state index is 0.277. The molecule has 164 valence electrons. The predicted molar refractivity (Wildman–Crippen MR) is 124 cm³/mol. The van der Waals surface area contributed by atoms with E-state index in [9.17, 15) is 9.59 Å². The number of hydrogen-bond acceptors (Lipinski definition) is 6. The minimum Gasteiger partial charge on any atom is -0.486 e. The molecule has 5 rings (SSSR count). The van der Waals surface area contributed by atoms with Gasteiger partial charge < -0.3 is 20.1 Å². The number of aromatic nitrogens is 2. The number of benzene rings is 2. The molecule has 8 nitrogen and oxygen atoms in total. The lowest BCUT2D eigenvalue weighted by atomic mass is 10.1. The molecular weight excluding hydrogens is 420 g/mol. The second kappa shape index (κ2) is 8.58. The monoisotopic (exact) mass is 440 g/mol. The number of carbonyl (C=O) groups excluding carboxylic acids is 2. The zero-order valence-corrected chi connectivity index (χ0v) is 17.8. The van der Waals surface area contributed by atoms with E-state index in [1.165, 1.54) is 0 Å². The lowest BCUT2D eigenvalue weighted by Gasteiger charge is -2.18.